The quantitative estimate of drug-likeness (QED) is 0.164. The van der Waals surface area contributed by atoms with Crippen molar-refractivity contribution < 1.29 is 32.2 Å². The van der Waals surface area contributed by atoms with Crippen LogP contribution in [0.25, 0.3) is 22.0 Å². The molecule has 0 aliphatic carbocycles. The van der Waals surface area contributed by atoms with E-state index in [-0.39, 0.29) is 53.8 Å². The predicted molar refractivity (Wildman–Crippen MR) is 181 cm³/mol. The van der Waals surface area contributed by atoms with Crippen molar-refractivity contribution in [1.29, 1.82) is 5.26 Å². The summed E-state index contributed by atoms with van der Waals surface area (Å²) in [5.74, 6) is -0.0583. The van der Waals surface area contributed by atoms with E-state index in [1.54, 1.807) is 65.2 Å². The molecule has 12 heteroatoms. The van der Waals surface area contributed by atoms with Gasteiger partial charge in [-0.3, -0.25) is 4.79 Å². The summed E-state index contributed by atoms with van der Waals surface area (Å²) in [5, 5.41) is 10.6. The van der Waals surface area contributed by atoms with Gasteiger partial charge in [0.25, 0.3) is 0 Å². The minimum absolute atomic E-state index is 0.0145. The minimum Gasteiger partial charge on any atom is -0.476 e. The largest absolute Gasteiger partial charge is 0.476 e. The second kappa shape index (κ2) is 15.6. The highest BCUT2D eigenvalue weighted by atomic mass is 19.4. The van der Waals surface area contributed by atoms with Crippen LogP contribution in [0.3, 0.4) is 0 Å². The molecule has 2 heterocycles. The molecule has 4 aromatic rings. The fourth-order valence-corrected chi connectivity index (χ4v) is 4.95. The Morgan fingerprint density at radius 1 is 1.02 bits per heavy atom. The molecular formula is C37H38F3N5O4. The summed E-state index contributed by atoms with van der Waals surface area (Å²) in [7, 11) is 3.23. The van der Waals surface area contributed by atoms with Gasteiger partial charge in [0.2, 0.25) is 11.8 Å². The number of benzene rings is 2. The Morgan fingerprint density at radius 3 is 2.37 bits per heavy atom. The maximum atomic E-state index is 14.2. The van der Waals surface area contributed by atoms with Crippen LogP contribution in [0.5, 0.6) is 5.88 Å². The molecule has 1 N–H and O–H groups in total. The van der Waals surface area contributed by atoms with Crippen LogP contribution < -0.4 is 4.74 Å². The van der Waals surface area contributed by atoms with Gasteiger partial charge in [-0.15, -0.1) is 0 Å². The number of carbonyl (C=O) groups is 2. The number of nitrogens with one attached hydrogen (secondary N) is 1. The Labute approximate surface area is 283 Å². The smallest absolute Gasteiger partial charge is 0.410 e. The van der Waals surface area contributed by atoms with Crippen molar-refractivity contribution in [3.05, 3.63) is 107 Å². The van der Waals surface area contributed by atoms with Gasteiger partial charge in [0.05, 0.1) is 24.6 Å². The van der Waals surface area contributed by atoms with Crippen molar-refractivity contribution in [3.63, 3.8) is 0 Å². The van der Waals surface area contributed by atoms with Gasteiger partial charge in [0.15, 0.2) is 0 Å². The van der Waals surface area contributed by atoms with Gasteiger partial charge >= 0.3 is 12.3 Å². The minimum atomic E-state index is -4.58. The van der Waals surface area contributed by atoms with E-state index in [1.807, 2.05) is 30.3 Å². The fraction of sp³-hybridized carbons (Fsp3) is 0.297. The van der Waals surface area contributed by atoms with E-state index in [1.165, 1.54) is 40.3 Å². The molecule has 2 amide bonds. The standard InChI is InChI=1S/C37H38F3N5O4/c1-36(2,3)49-35(47)45(18-10-15-33(46)44(4)5)19-20-48-32-17-16-27(24-42-32)34(31-21-25-11-7-9-14-30(25)43-31)29(22-37(38,39)40)28-13-8-6-12-26(28)23-41/h6-17,21,24,43H,18-20,22H2,1-5H3/b15-10+,34-29+. The normalized spacial score (nSPS) is 12.4. The van der Waals surface area contributed by atoms with E-state index in [9.17, 15) is 28.0 Å². The molecule has 0 atom stereocenters. The molecule has 0 aliphatic rings. The average Bonchev–Trinajstić information content (AvgIpc) is 3.46. The zero-order valence-corrected chi connectivity index (χ0v) is 28.0. The molecular weight excluding hydrogens is 635 g/mol. The van der Waals surface area contributed by atoms with Crippen LogP contribution in [-0.4, -0.2) is 77.3 Å². The van der Waals surface area contributed by atoms with Crippen LogP contribution in [0.4, 0.5) is 18.0 Å². The second-order valence-electron chi connectivity index (χ2n) is 12.4. The van der Waals surface area contributed by atoms with Gasteiger partial charge in [0.1, 0.15) is 12.2 Å². The molecule has 0 radical (unpaired) electrons. The first kappa shape index (κ1) is 36.3. The number of alkyl halides is 3. The van der Waals surface area contributed by atoms with Crippen molar-refractivity contribution >= 4 is 34.0 Å². The fourth-order valence-electron chi connectivity index (χ4n) is 4.95. The zero-order chi connectivity index (χ0) is 35.8. The number of H-pyrrole nitrogens is 1. The summed E-state index contributed by atoms with van der Waals surface area (Å²) in [6.45, 7) is 5.44. The maximum Gasteiger partial charge on any atom is 0.410 e. The third-order valence-corrected chi connectivity index (χ3v) is 7.17. The number of nitrogens with zero attached hydrogens (tertiary/aromatic N) is 4. The lowest BCUT2D eigenvalue weighted by atomic mass is 9.88. The first-order chi connectivity index (χ1) is 23.1. The molecule has 0 saturated carbocycles. The van der Waals surface area contributed by atoms with E-state index in [4.69, 9.17) is 9.47 Å². The Balaban J connectivity index is 1.67. The van der Waals surface area contributed by atoms with Crippen LogP contribution in [0.15, 0.2) is 85.1 Å². The number of carbonyl (C=O) groups excluding carboxylic acids is 2. The zero-order valence-electron chi connectivity index (χ0n) is 28.0. The Kier molecular flexibility index (Phi) is 11.5. The highest BCUT2D eigenvalue weighted by Crippen LogP contribution is 2.40. The molecule has 4 rings (SSSR count). The SMILES string of the molecule is CN(C)C(=O)/C=C/CN(CCOc1ccc(/C(=C(/CC(F)(F)F)c2ccccc2C#N)c2cc3ccccc3[nH]2)cn1)C(=O)OC(C)(C)C. The summed E-state index contributed by atoms with van der Waals surface area (Å²) < 4.78 is 53.8. The van der Waals surface area contributed by atoms with Crippen LogP contribution in [0.2, 0.25) is 0 Å². The molecule has 0 fully saturated rings. The number of aromatic amines is 1. The van der Waals surface area contributed by atoms with Gasteiger partial charge in [-0.25, -0.2) is 9.78 Å². The molecule has 9 nitrogen and oxygen atoms in total. The maximum absolute atomic E-state index is 14.2. The molecule has 0 saturated heterocycles. The number of hydrogen-bond acceptors (Lipinski definition) is 6. The van der Waals surface area contributed by atoms with Crippen molar-refractivity contribution in [2.45, 2.75) is 39.0 Å². The first-order valence-electron chi connectivity index (χ1n) is 15.5. The number of ether oxygens (including phenoxy) is 2. The Bertz CT molecular complexity index is 1850. The lowest BCUT2D eigenvalue weighted by Gasteiger charge is -2.26. The van der Waals surface area contributed by atoms with Crippen molar-refractivity contribution in [2.24, 2.45) is 0 Å². The van der Waals surface area contributed by atoms with E-state index < -0.39 is 24.3 Å². The number of halogens is 3. The van der Waals surface area contributed by atoms with E-state index in [2.05, 4.69) is 9.97 Å². The number of fused-ring (bicyclic) bond motifs is 1. The highest BCUT2D eigenvalue weighted by Gasteiger charge is 2.33. The van der Waals surface area contributed by atoms with Crippen molar-refractivity contribution in [1.82, 2.24) is 19.8 Å². The van der Waals surface area contributed by atoms with Gasteiger partial charge in [-0.2, -0.15) is 18.4 Å². The molecule has 0 bridgehead atoms. The monoisotopic (exact) mass is 673 g/mol. The predicted octanol–water partition coefficient (Wildman–Crippen LogP) is 7.61. The number of pyridine rings is 1. The molecule has 49 heavy (non-hydrogen) atoms. The van der Waals surface area contributed by atoms with Crippen LogP contribution in [-0.2, 0) is 9.53 Å². The lowest BCUT2D eigenvalue weighted by Crippen LogP contribution is -2.39. The van der Waals surface area contributed by atoms with Gasteiger partial charge < -0.3 is 24.3 Å². The number of aromatic nitrogens is 2. The molecule has 0 aliphatic heterocycles. The Morgan fingerprint density at radius 2 is 1.73 bits per heavy atom. The number of nitriles is 1. The van der Waals surface area contributed by atoms with Crippen LogP contribution in [0, 0.1) is 11.3 Å². The lowest BCUT2D eigenvalue weighted by molar-refractivity contribution is -0.124. The van der Waals surface area contributed by atoms with Gasteiger partial charge in [-0.05, 0) is 56.2 Å². The van der Waals surface area contributed by atoms with Crippen molar-refractivity contribution in [2.75, 3.05) is 33.8 Å². The van der Waals surface area contributed by atoms with Gasteiger partial charge in [0, 0.05) is 66.7 Å². The highest BCUT2D eigenvalue weighted by molar-refractivity contribution is 6.01. The molecule has 0 unspecified atom stereocenters. The number of allylic oxidation sites excluding steroid dienone is 1. The number of rotatable bonds is 11. The Hall–Kier alpha value is -5.57. The number of hydrogen-bond donors (Lipinski definition) is 1. The number of para-hydroxylation sites is 1. The number of likely N-dealkylation sites (N-methyl/N-ethyl adjacent to an activating group) is 1. The number of amides is 2. The summed E-state index contributed by atoms with van der Waals surface area (Å²) in [4.78, 5) is 35.2. The molecule has 2 aromatic carbocycles. The van der Waals surface area contributed by atoms with Gasteiger partial charge in [-0.1, -0.05) is 42.5 Å². The third kappa shape index (κ3) is 10.2. The van der Waals surface area contributed by atoms with Crippen molar-refractivity contribution in [3.8, 4) is 11.9 Å². The third-order valence-electron chi connectivity index (χ3n) is 7.17. The van der Waals surface area contributed by atoms with E-state index in [0.29, 0.717) is 11.3 Å². The molecule has 2 aromatic heterocycles. The summed E-state index contributed by atoms with van der Waals surface area (Å²) >= 11 is 0. The van der Waals surface area contributed by atoms with Crippen LogP contribution in [0.1, 0.15) is 49.6 Å². The molecule has 256 valence electrons. The average molecular weight is 674 g/mol. The summed E-state index contributed by atoms with van der Waals surface area (Å²) in [5.41, 5.74) is 1.23. The second-order valence-corrected chi connectivity index (χ2v) is 12.4. The van der Waals surface area contributed by atoms with Crippen LogP contribution >= 0.6 is 0 Å². The molecule has 0 spiro atoms. The summed E-state index contributed by atoms with van der Waals surface area (Å²) in [6.07, 6.45) is -2.13. The topological polar surface area (TPSA) is 112 Å². The van der Waals surface area contributed by atoms with E-state index >= 15 is 0 Å². The first-order valence-corrected chi connectivity index (χ1v) is 15.5. The summed E-state index contributed by atoms with van der Waals surface area (Å²) in [6, 6.07) is 20.5. The van der Waals surface area contributed by atoms with E-state index in [0.717, 1.165) is 10.9 Å².